The largest absolute Gasteiger partial charge is 0.454 e. The number of aryl methyl sites for hydroxylation is 2. The maximum absolute atomic E-state index is 5.43. The summed E-state index contributed by atoms with van der Waals surface area (Å²) in [6, 6.07) is 6.08. The van der Waals surface area contributed by atoms with Crippen LogP contribution in [0.15, 0.2) is 29.6 Å². The first-order valence-corrected chi connectivity index (χ1v) is 8.74. The molecule has 0 amide bonds. The van der Waals surface area contributed by atoms with E-state index in [1.54, 1.807) is 29.4 Å². The number of aromatic nitrogens is 2. The second-order valence-corrected chi connectivity index (χ2v) is 7.29. The Morgan fingerprint density at radius 1 is 1.18 bits per heavy atom. The van der Waals surface area contributed by atoms with Crippen LogP contribution in [0.3, 0.4) is 0 Å². The van der Waals surface area contributed by atoms with Crippen LogP contribution in [0.5, 0.6) is 11.5 Å². The van der Waals surface area contributed by atoms with Crippen molar-refractivity contribution in [1.82, 2.24) is 9.97 Å². The standard InChI is InChI=1S/C16H14N2O2S2/c1-9-10(2)22-16-14(9)15(17-7-18-16)21-6-11-3-4-12-13(5-11)20-8-19-12/h3-5,7H,6,8H2,1-2H3. The zero-order valence-corrected chi connectivity index (χ0v) is 13.9. The maximum atomic E-state index is 5.43. The summed E-state index contributed by atoms with van der Waals surface area (Å²) < 4.78 is 10.8. The third-order valence-corrected chi connectivity index (χ3v) is 5.92. The molecule has 2 aromatic heterocycles. The molecule has 0 unspecified atom stereocenters. The lowest BCUT2D eigenvalue weighted by Crippen LogP contribution is -1.92. The molecule has 1 aliphatic rings. The number of hydrogen-bond donors (Lipinski definition) is 0. The van der Waals surface area contributed by atoms with Crippen molar-refractivity contribution in [3.05, 3.63) is 40.5 Å². The Morgan fingerprint density at radius 3 is 2.95 bits per heavy atom. The van der Waals surface area contributed by atoms with Gasteiger partial charge in [-0.3, -0.25) is 0 Å². The van der Waals surface area contributed by atoms with Crippen molar-refractivity contribution in [1.29, 1.82) is 0 Å². The minimum Gasteiger partial charge on any atom is -0.454 e. The molecule has 1 aromatic carbocycles. The van der Waals surface area contributed by atoms with E-state index in [1.165, 1.54) is 21.4 Å². The van der Waals surface area contributed by atoms with Crippen LogP contribution in [0.1, 0.15) is 16.0 Å². The van der Waals surface area contributed by atoms with Crippen LogP contribution in [-0.2, 0) is 5.75 Å². The SMILES string of the molecule is Cc1sc2ncnc(SCc3ccc4c(c3)OCO4)c2c1C. The first-order valence-electron chi connectivity index (χ1n) is 6.94. The van der Waals surface area contributed by atoms with E-state index in [0.29, 0.717) is 6.79 Å². The van der Waals surface area contributed by atoms with E-state index in [4.69, 9.17) is 9.47 Å². The third-order valence-electron chi connectivity index (χ3n) is 3.74. The predicted molar refractivity (Wildman–Crippen MR) is 89.0 cm³/mol. The molecule has 0 aliphatic carbocycles. The number of hydrogen-bond acceptors (Lipinski definition) is 6. The predicted octanol–water partition coefficient (Wildman–Crippen LogP) is 4.33. The fraction of sp³-hybridized carbons (Fsp3) is 0.250. The summed E-state index contributed by atoms with van der Waals surface area (Å²) in [4.78, 5) is 11.2. The number of rotatable bonds is 3. The maximum Gasteiger partial charge on any atom is 0.231 e. The lowest BCUT2D eigenvalue weighted by molar-refractivity contribution is 0.174. The Labute approximate surface area is 136 Å². The molecule has 0 fully saturated rings. The second kappa shape index (κ2) is 5.44. The molecule has 0 atom stereocenters. The van der Waals surface area contributed by atoms with Crippen LogP contribution in [0.2, 0.25) is 0 Å². The fourth-order valence-corrected chi connectivity index (χ4v) is 4.50. The van der Waals surface area contributed by atoms with E-state index in [2.05, 4.69) is 29.9 Å². The van der Waals surface area contributed by atoms with Crippen LogP contribution in [0.25, 0.3) is 10.2 Å². The van der Waals surface area contributed by atoms with Crippen LogP contribution < -0.4 is 9.47 Å². The van der Waals surface area contributed by atoms with Gasteiger partial charge in [0.25, 0.3) is 0 Å². The Kier molecular flexibility index (Phi) is 3.43. The van der Waals surface area contributed by atoms with E-state index in [1.807, 2.05) is 12.1 Å². The molecule has 3 aromatic rings. The number of fused-ring (bicyclic) bond motifs is 2. The average molecular weight is 330 g/mol. The van der Waals surface area contributed by atoms with E-state index in [-0.39, 0.29) is 0 Å². The van der Waals surface area contributed by atoms with Gasteiger partial charge in [-0.25, -0.2) is 9.97 Å². The highest BCUT2D eigenvalue weighted by molar-refractivity contribution is 7.98. The number of nitrogens with zero attached hydrogens (tertiary/aromatic N) is 2. The van der Waals surface area contributed by atoms with Gasteiger partial charge < -0.3 is 9.47 Å². The molecule has 4 nitrogen and oxygen atoms in total. The second-order valence-electron chi connectivity index (χ2n) is 5.12. The Bertz CT molecular complexity index is 861. The summed E-state index contributed by atoms with van der Waals surface area (Å²) in [6.07, 6.45) is 1.65. The molecule has 112 valence electrons. The summed E-state index contributed by atoms with van der Waals surface area (Å²) in [5, 5.41) is 2.24. The highest BCUT2D eigenvalue weighted by Crippen LogP contribution is 2.37. The van der Waals surface area contributed by atoms with Crippen LogP contribution in [-0.4, -0.2) is 16.8 Å². The molecular weight excluding hydrogens is 316 g/mol. The molecule has 0 N–H and O–H groups in total. The molecule has 3 heterocycles. The summed E-state index contributed by atoms with van der Waals surface area (Å²) in [5.41, 5.74) is 2.49. The van der Waals surface area contributed by atoms with Crippen molar-refractivity contribution < 1.29 is 9.47 Å². The third kappa shape index (κ3) is 2.32. The van der Waals surface area contributed by atoms with Crippen molar-refractivity contribution in [2.75, 3.05) is 6.79 Å². The molecular formula is C16H14N2O2S2. The average Bonchev–Trinajstić information content (AvgIpc) is 3.10. The van der Waals surface area contributed by atoms with Gasteiger partial charge in [0.1, 0.15) is 16.2 Å². The lowest BCUT2D eigenvalue weighted by atomic mass is 10.2. The zero-order chi connectivity index (χ0) is 15.1. The van der Waals surface area contributed by atoms with Gasteiger partial charge in [0.15, 0.2) is 11.5 Å². The molecule has 22 heavy (non-hydrogen) atoms. The highest BCUT2D eigenvalue weighted by atomic mass is 32.2. The lowest BCUT2D eigenvalue weighted by Gasteiger charge is -2.05. The zero-order valence-electron chi connectivity index (χ0n) is 12.3. The number of thiophene rings is 1. The summed E-state index contributed by atoms with van der Waals surface area (Å²) in [7, 11) is 0. The molecule has 0 radical (unpaired) electrons. The smallest absolute Gasteiger partial charge is 0.231 e. The summed E-state index contributed by atoms with van der Waals surface area (Å²) >= 11 is 3.47. The van der Waals surface area contributed by atoms with Gasteiger partial charge in [0, 0.05) is 16.0 Å². The van der Waals surface area contributed by atoms with Gasteiger partial charge in [0.05, 0.1) is 0 Å². The molecule has 0 bridgehead atoms. The first-order chi connectivity index (χ1) is 10.7. The molecule has 1 aliphatic heterocycles. The topological polar surface area (TPSA) is 44.2 Å². The highest BCUT2D eigenvalue weighted by Gasteiger charge is 2.15. The Hall–Kier alpha value is -1.79. The Balaban J connectivity index is 1.62. The molecule has 4 rings (SSSR count). The number of ether oxygens (including phenoxy) is 2. The number of thioether (sulfide) groups is 1. The summed E-state index contributed by atoms with van der Waals surface area (Å²) in [5.74, 6) is 2.49. The van der Waals surface area contributed by atoms with Gasteiger partial charge in [0.2, 0.25) is 6.79 Å². The van der Waals surface area contributed by atoms with E-state index >= 15 is 0 Å². The molecule has 0 saturated heterocycles. The van der Waals surface area contributed by atoms with Gasteiger partial charge >= 0.3 is 0 Å². The quantitative estimate of drug-likeness (QED) is 0.528. The Morgan fingerprint density at radius 2 is 2.05 bits per heavy atom. The first kappa shape index (κ1) is 13.8. The fourth-order valence-electron chi connectivity index (χ4n) is 2.44. The van der Waals surface area contributed by atoms with Crippen molar-refractivity contribution in [2.45, 2.75) is 24.6 Å². The monoisotopic (exact) mass is 330 g/mol. The van der Waals surface area contributed by atoms with Gasteiger partial charge in [-0.2, -0.15) is 0 Å². The molecule has 6 heteroatoms. The van der Waals surface area contributed by atoms with Crippen LogP contribution in [0.4, 0.5) is 0 Å². The minimum absolute atomic E-state index is 0.311. The molecule has 0 saturated carbocycles. The van der Waals surface area contributed by atoms with Gasteiger partial charge in [-0.1, -0.05) is 6.07 Å². The van der Waals surface area contributed by atoms with Crippen molar-refractivity contribution in [3.8, 4) is 11.5 Å². The van der Waals surface area contributed by atoms with Crippen molar-refractivity contribution >= 4 is 33.3 Å². The van der Waals surface area contributed by atoms with Crippen molar-refractivity contribution in [3.63, 3.8) is 0 Å². The van der Waals surface area contributed by atoms with Gasteiger partial charge in [-0.15, -0.1) is 23.1 Å². The van der Waals surface area contributed by atoms with Crippen molar-refractivity contribution in [2.24, 2.45) is 0 Å². The summed E-state index contributed by atoms with van der Waals surface area (Å²) in [6.45, 7) is 4.59. The van der Waals surface area contributed by atoms with Crippen LogP contribution >= 0.6 is 23.1 Å². The minimum atomic E-state index is 0.311. The van der Waals surface area contributed by atoms with E-state index in [9.17, 15) is 0 Å². The molecule has 0 spiro atoms. The van der Waals surface area contributed by atoms with Gasteiger partial charge in [-0.05, 0) is 37.1 Å². The van der Waals surface area contributed by atoms with E-state index < -0.39 is 0 Å². The normalized spacial score (nSPS) is 13.0. The number of benzene rings is 1. The van der Waals surface area contributed by atoms with E-state index in [0.717, 1.165) is 27.1 Å². The van der Waals surface area contributed by atoms with Crippen LogP contribution in [0, 0.1) is 13.8 Å².